The van der Waals surface area contributed by atoms with E-state index < -0.39 is 11.9 Å². The predicted molar refractivity (Wildman–Crippen MR) is 110 cm³/mol. The molecule has 1 aliphatic rings. The summed E-state index contributed by atoms with van der Waals surface area (Å²) in [5.74, 6) is -0.485. The van der Waals surface area contributed by atoms with Crippen LogP contribution in [0.5, 0.6) is 5.75 Å². The maximum absolute atomic E-state index is 13.0. The van der Waals surface area contributed by atoms with Gasteiger partial charge in [0.25, 0.3) is 0 Å². The van der Waals surface area contributed by atoms with Gasteiger partial charge < -0.3 is 15.4 Å². The molecule has 3 aromatic rings. The van der Waals surface area contributed by atoms with Crippen molar-refractivity contribution in [3.05, 3.63) is 81.6 Å². The molecule has 154 valence electrons. The summed E-state index contributed by atoms with van der Waals surface area (Å²) >= 11 is 1.38. The fourth-order valence-corrected chi connectivity index (χ4v) is 4.17. The predicted octanol–water partition coefficient (Wildman–Crippen LogP) is 2.84. The van der Waals surface area contributed by atoms with Crippen LogP contribution in [0.1, 0.15) is 21.8 Å². The van der Waals surface area contributed by atoms with E-state index in [4.69, 9.17) is 10.5 Å². The van der Waals surface area contributed by atoms with E-state index >= 15 is 0 Å². The second-order valence-corrected chi connectivity index (χ2v) is 8.01. The van der Waals surface area contributed by atoms with Crippen molar-refractivity contribution in [3.63, 3.8) is 0 Å². The van der Waals surface area contributed by atoms with E-state index in [2.05, 4.69) is 4.98 Å². The van der Waals surface area contributed by atoms with Crippen LogP contribution in [0.25, 0.3) is 0 Å². The molecule has 6 nitrogen and oxygen atoms in total. The molecule has 0 bridgehead atoms. The summed E-state index contributed by atoms with van der Waals surface area (Å²) in [6.07, 6.45) is 0.504. The molecule has 2 N–H and O–H groups in total. The minimum atomic E-state index is -0.660. The van der Waals surface area contributed by atoms with Crippen molar-refractivity contribution < 1.29 is 18.7 Å². The lowest BCUT2D eigenvalue weighted by Crippen LogP contribution is -2.51. The Morgan fingerprint density at radius 2 is 1.90 bits per heavy atom. The number of carbonyl (C=O) groups excluding carboxylic acids is 2. The van der Waals surface area contributed by atoms with Gasteiger partial charge in [-0.05, 0) is 35.4 Å². The fourth-order valence-electron chi connectivity index (χ4n) is 3.47. The Morgan fingerprint density at radius 3 is 2.63 bits per heavy atom. The van der Waals surface area contributed by atoms with Gasteiger partial charge in [-0.15, -0.1) is 11.3 Å². The van der Waals surface area contributed by atoms with Gasteiger partial charge in [0, 0.05) is 18.3 Å². The molecular formula is C22H20FN3O3S. The van der Waals surface area contributed by atoms with Gasteiger partial charge in [-0.3, -0.25) is 9.59 Å². The summed E-state index contributed by atoms with van der Waals surface area (Å²) in [4.78, 5) is 30.9. The van der Waals surface area contributed by atoms with Gasteiger partial charge in [-0.25, -0.2) is 9.37 Å². The Balaban J connectivity index is 1.41. The third-order valence-electron chi connectivity index (χ3n) is 5.00. The van der Waals surface area contributed by atoms with Crippen LogP contribution in [0.3, 0.4) is 0 Å². The quantitative estimate of drug-likeness (QED) is 0.658. The van der Waals surface area contributed by atoms with Crippen LogP contribution < -0.4 is 10.5 Å². The van der Waals surface area contributed by atoms with E-state index in [1.807, 2.05) is 24.3 Å². The zero-order valence-electron chi connectivity index (χ0n) is 16.1. The molecule has 1 atom stereocenters. The van der Waals surface area contributed by atoms with Crippen LogP contribution in [0, 0.1) is 5.82 Å². The number of benzene rings is 2. The first-order valence-electron chi connectivity index (χ1n) is 9.47. The third kappa shape index (κ3) is 4.49. The van der Waals surface area contributed by atoms with E-state index in [0.29, 0.717) is 29.4 Å². The molecule has 0 spiro atoms. The van der Waals surface area contributed by atoms with Crippen LogP contribution in [0.2, 0.25) is 0 Å². The highest BCUT2D eigenvalue weighted by atomic mass is 32.1. The number of hydrogen-bond donors (Lipinski definition) is 1. The van der Waals surface area contributed by atoms with Crippen molar-refractivity contribution >= 4 is 23.2 Å². The first-order chi connectivity index (χ1) is 14.5. The van der Waals surface area contributed by atoms with Gasteiger partial charge in [0.1, 0.15) is 29.2 Å². The van der Waals surface area contributed by atoms with Crippen molar-refractivity contribution in [2.75, 3.05) is 0 Å². The van der Waals surface area contributed by atoms with Crippen molar-refractivity contribution in [3.8, 4) is 5.75 Å². The number of aromatic nitrogens is 1. The molecule has 0 saturated carbocycles. The summed E-state index contributed by atoms with van der Waals surface area (Å²) in [5.41, 5.74) is 8.25. The van der Waals surface area contributed by atoms with Crippen LogP contribution >= 0.6 is 11.3 Å². The van der Waals surface area contributed by atoms with E-state index in [9.17, 15) is 14.0 Å². The molecule has 8 heteroatoms. The third-order valence-corrected chi connectivity index (χ3v) is 5.88. The lowest BCUT2D eigenvalue weighted by molar-refractivity contribution is -0.140. The van der Waals surface area contributed by atoms with E-state index in [0.717, 1.165) is 11.1 Å². The highest BCUT2D eigenvalue weighted by molar-refractivity contribution is 7.09. The maximum Gasteiger partial charge on any atom is 0.240 e. The largest absolute Gasteiger partial charge is 0.486 e. The van der Waals surface area contributed by atoms with E-state index in [1.165, 1.54) is 23.5 Å². The Kier molecular flexibility index (Phi) is 5.76. The van der Waals surface area contributed by atoms with Crippen LogP contribution in [-0.2, 0) is 35.6 Å². The number of primary amides is 1. The molecule has 4 rings (SSSR count). The first kappa shape index (κ1) is 20.0. The number of fused-ring (bicyclic) bond motifs is 1. The zero-order valence-corrected chi connectivity index (χ0v) is 16.9. The molecule has 2 amide bonds. The molecule has 2 heterocycles. The normalized spacial score (nSPS) is 15.5. The summed E-state index contributed by atoms with van der Waals surface area (Å²) in [5, 5.41) is 2.51. The molecule has 1 aliphatic heterocycles. The summed E-state index contributed by atoms with van der Waals surface area (Å²) in [6.45, 7) is 0.582. The van der Waals surface area contributed by atoms with Gasteiger partial charge in [0.05, 0.1) is 12.1 Å². The maximum atomic E-state index is 13.0. The lowest BCUT2D eigenvalue weighted by Gasteiger charge is -2.35. The monoisotopic (exact) mass is 425 g/mol. The number of thiazole rings is 1. The minimum Gasteiger partial charge on any atom is -0.486 e. The van der Waals surface area contributed by atoms with Gasteiger partial charge >= 0.3 is 0 Å². The Morgan fingerprint density at radius 1 is 1.17 bits per heavy atom. The van der Waals surface area contributed by atoms with Gasteiger partial charge in [0.2, 0.25) is 11.8 Å². The number of carbonyl (C=O) groups is 2. The second kappa shape index (κ2) is 8.62. The summed E-state index contributed by atoms with van der Waals surface area (Å²) in [7, 11) is 0. The van der Waals surface area contributed by atoms with Crippen molar-refractivity contribution in [2.45, 2.75) is 32.0 Å². The Hall–Kier alpha value is -3.26. The summed E-state index contributed by atoms with van der Waals surface area (Å²) < 4.78 is 18.6. The highest BCUT2D eigenvalue weighted by Gasteiger charge is 2.33. The van der Waals surface area contributed by atoms with E-state index in [1.54, 1.807) is 22.4 Å². The fraction of sp³-hybridized carbons (Fsp3) is 0.227. The average Bonchev–Trinajstić information content (AvgIpc) is 3.19. The number of hydrogen-bond acceptors (Lipinski definition) is 5. The second-order valence-electron chi connectivity index (χ2n) is 7.06. The molecule has 0 unspecified atom stereocenters. The minimum absolute atomic E-state index is 0.0823. The smallest absolute Gasteiger partial charge is 0.240 e. The zero-order chi connectivity index (χ0) is 21.1. The van der Waals surface area contributed by atoms with Crippen molar-refractivity contribution in [1.82, 2.24) is 9.88 Å². The first-order valence-corrected chi connectivity index (χ1v) is 10.3. The van der Waals surface area contributed by atoms with Gasteiger partial charge in [-0.2, -0.15) is 0 Å². The number of ether oxygens (including phenoxy) is 1. The number of nitrogens with two attached hydrogens (primary N) is 1. The molecule has 0 fully saturated rings. The number of rotatable bonds is 6. The van der Waals surface area contributed by atoms with E-state index in [-0.39, 0.29) is 24.8 Å². The van der Waals surface area contributed by atoms with Crippen molar-refractivity contribution in [1.29, 1.82) is 0 Å². The molecular weight excluding hydrogens is 405 g/mol. The molecule has 0 saturated heterocycles. The van der Waals surface area contributed by atoms with Crippen LogP contribution in [-0.4, -0.2) is 27.7 Å². The van der Waals surface area contributed by atoms with Crippen molar-refractivity contribution in [2.24, 2.45) is 5.73 Å². The molecule has 1 aromatic heterocycles. The molecule has 0 radical (unpaired) electrons. The lowest BCUT2D eigenvalue weighted by atomic mass is 9.93. The Labute approximate surface area is 177 Å². The highest BCUT2D eigenvalue weighted by Crippen LogP contribution is 2.24. The van der Waals surface area contributed by atoms with Gasteiger partial charge in [-0.1, -0.05) is 24.3 Å². The number of amides is 2. The molecule has 0 aliphatic carbocycles. The van der Waals surface area contributed by atoms with Crippen LogP contribution in [0.15, 0.2) is 53.9 Å². The van der Waals surface area contributed by atoms with Crippen LogP contribution in [0.4, 0.5) is 4.39 Å². The Bertz CT molecular complexity index is 1070. The van der Waals surface area contributed by atoms with Gasteiger partial charge in [0.15, 0.2) is 0 Å². The molecule has 2 aromatic carbocycles. The molecule has 30 heavy (non-hydrogen) atoms. The summed E-state index contributed by atoms with van der Waals surface area (Å²) in [6, 6.07) is 12.8. The SMILES string of the molecule is NC(=O)[C@@H]1Cc2ccccc2CN1C(=O)Cc1csc(COc2ccc(F)cc2)n1. The standard InChI is InChI=1S/C22H20FN3O3S/c23-16-5-7-18(8-6-16)29-12-20-25-17(13-30-20)10-21(27)26-11-15-4-2-1-3-14(15)9-19(26)22(24)28/h1-8,13,19H,9-12H2,(H2,24,28)/t19-/m0/s1. The number of nitrogens with zero attached hydrogens (tertiary/aromatic N) is 2. The average molecular weight is 425 g/mol. The number of halogens is 1. The topological polar surface area (TPSA) is 85.5 Å².